The molecule has 0 amide bonds. The van der Waals surface area contributed by atoms with Crippen LogP contribution in [0.5, 0.6) is 11.5 Å². The first-order valence-corrected chi connectivity index (χ1v) is 5.66. The quantitative estimate of drug-likeness (QED) is 0.670. The second kappa shape index (κ2) is 5.32. The van der Waals surface area contributed by atoms with Gasteiger partial charge in [-0.05, 0) is 30.3 Å². The van der Waals surface area contributed by atoms with E-state index in [1.165, 1.54) is 18.2 Å². The Bertz CT molecular complexity index is 720. The third kappa shape index (κ3) is 3.05. The van der Waals surface area contributed by atoms with Crippen molar-refractivity contribution in [3.63, 3.8) is 0 Å². The topological polar surface area (TPSA) is 59.0 Å². The third-order valence-corrected chi connectivity index (χ3v) is 2.62. The zero-order valence-electron chi connectivity index (χ0n) is 10.4. The molecule has 3 nitrogen and oxygen atoms in total. The van der Waals surface area contributed by atoms with E-state index in [0.29, 0.717) is 6.07 Å². The third-order valence-electron chi connectivity index (χ3n) is 2.62. The van der Waals surface area contributed by atoms with Gasteiger partial charge in [-0.3, -0.25) is 0 Å². The van der Waals surface area contributed by atoms with Crippen LogP contribution in [0.4, 0.5) is 23.2 Å². The highest BCUT2D eigenvalue weighted by atomic mass is 19.4. The molecule has 2 aromatic carbocycles. The summed E-state index contributed by atoms with van der Waals surface area (Å²) in [5.74, 6) is -1.73. The summed E-state index contributed by atoms with van der Waals surface area (Å²) in [5, 5.41) is 8.84. The molecule has 0 saturated carbocycles. The Morgan fingerprint density at radius 3 is 2.43 bits per heavy atom. The number of nitrogens with two attached hydrogens (primary N) is 1. The maximum absolute atomic E-state index is 13.4. The van der Waals surface area contributed by atoms with Crippen LogP contribution in [-0.4, -0.2) is 0 Å². The number of hydrogen-bond acceptors (Lipinski definition) is 3. The van der Waals surface area contributed by atoms with E-state index in [1.807, 2.05) is 0 Å². The molecule has 2 N–H and O–H groups in total. The molecule has 0 saturated heterocycles. The van der Waals surface area contributed by atoms with Gasteiger partial charge in [0.25, 0.3) is 0 Å². The Kier molecular flexibility index (Phi) is 3.72. The summed E-state index contributed by atoms with van der Waals surface area (Å²) in [6.07, 6.45) is -4.69. The number of alkyl halides is 3. The number of halogens is 4. The lowest BCUT2D eigenvalue weighted by atomic mass is 10.1. The highest BCUT2D eigenvalue weighted by Gasteiger charge is 2.35. The monoisotopic (exact) mass is 296 g/mol. The van der Waals surface area contributed by atoms with Gasteiger partial charge in [0.15, 0.2) is 0 Å². The first-order valence-electron chi connectivity index (χ1n) is 5.66. The molecule has 7 heteroatoms. The van der Waals surface area contributed by atoms with Gasteiger partial charge in [-0.25, -0.2) is 4.39 Å². The molecule has 0 spiro atoms. The van der Waals surface area contributed by atoms with E-state index in [2.05, 4.69) is 0 Å². The lowest BCUT2D eigenvalue weighted by Crippen LogP contribution is -2.08. The van der Waals surface area contributed by atoms with E-state index >= 15 is 0 Å². The van der Waals surface area contributed by atoms with Crippen LogP contribution in [0, 0.1) is 17.1 Å². The summed E-state index contributed by atoms with van der Waals surface area (Å²) >= 11 is 0. The number of hydrogen-bond donors (Lipinski definition) is 1. The molecule has 108 valence electrons. The Morgan fingerprint density at radius 1 is 1.10 bits per heavy atom. The number of ether oxygens (including phenoxy) is 1. The summed E-state index contributed by atoms with van der Waals surface area (Å²) in [4.78, 5) is 0. The molecule has 21 heavy (non-hydrogen) atoms. The number of anilines is 1. The minimum atomic E-state index is -4.69. The lowest BCUT2D eigenvalue weighted by molar-refractivity contribution is -0.138. The van der Waals surface area contributed by atoms with Crippen molar-refractivity contribution in [2.24, 2.45) is 0 Å². The van der Waals surface area contributed by atoms with Crippen molar-refractivity contribution in [1.29, 1.82) is 5.26 Å². The average molecular weight is 296 g/mol. The molecule has 0 aliphatic heterocycles. The van der Waals surface area contributed by atoms with Crippen LogP contribution in [0.1, 0.15) is 11.1 Å². The number of nitriles is 1. The summed E-state index contributed by atoms with van der Waals surface area (Å²) in [7, 11) is 0. The number of nitrogen functional groups attached to an aromatic ring is 1. The Labute approximate surface area is 117 Å². The molecule has 0 atom stereocenters. The molecular weight excluding hydrogens is 288 g/mol. The van der Waals surface area contributed by atoms with Crippen molar-refractivity contribution in [3.05, 3.63) is 53.3 Å². The first-order chi connectivity index (χ1) is 9.82. The van der Waals surface area contributed by atoms with Crippen molar-refractivity contribution < 1.29 is 22.3 Å². The number of rotatable bonds is 2. The minimum absolute atomic E-state index is 0.0885. The van der Waals surface area contributed by atoms with E-state index in [4.69, 9.17) is 15.7 Å². The van der Waals surface area contributed by atoms with E-state index < -0.39 is 28.9 Å². The number of benzene rings is 2. The van der Waals surface area contributed by atoms with Crippen molar-refractivity contribution in [2.75, 3.05) is 5.73 Å². The highest BCUT2D eigenvalue weighted by Crippen LogP contribution is 2.39. The Hall–Kier alpha value is -2.75. The zero-order valence-corrected chi connectivity index (χ0v) is 10.4. The van der Waals surface area contributed by atoms with Crippen LogP contribution in [0.15, 0.2) is 36.4 Å². The van der Waals surface area contributed by atoms with Crippen molar-refractivity contribution in [1.82, 2.24) is 0 Å². The smallest absolute Gasteiger partial charge is 0.420 e. The van der Waals surface area contributed by atoms with Crippen molar-refractivity contribution >= 4 is 5.69 Å². The van der Waals surface area contributed by atoms with Crippen LogP contribution in [0.25, 0.3) is 0 Å². The van der Waals surface area contributed by atoms with Crippen molar-refractivity contribution in [3.8, 4) is 17.6 Å². The normalized spacial score (nSPS) is 11.0. The van der Waals surface area contributed by atoms with Gasteiger partial charge in [0, 0.05) is 5.69 Å². The molecule has 0 unspecified atom stereocenters. The fourth-order valence-corrected chi connectivity index (χ4v) is 1.67. The van der Waals surface area contributed by atoms with Crippen LogP contribution in [-0.2, 0) is 6.18 Å². The average Bonchev–Trinajstić information content (AvgIpc) is 2.40. The van der Waals surface area contributed by atoms with E-state index in [1.54, 1.807) is 6.07 Å². The Morgan fingerprint density at radius 2 is 1.81 bits per heavy atom. The molecule has 0 aliphatic carbocycles. The van der Waals surface area contributed by atoms with Gasteiger partial charge in [-0.15, -0.1) is 0 Å². The molecule has 0 fully saturated rings. The van der Waals surface area contributed by atoms with Gasteiger partial charge in [-0.1, -0.05) is 6.07 Å². The first kappa shape index (κ1) is 14.7. The fraction of sp³-hybridized carbons (Fsp3) is 0.0714. The molecule has 0 aliphatic rings. The Balaban J connectivity index is 2.51. The molecule has 2 rings (SSSR count). The van der Waals surface area contributed by atoms with Gasteiger partial charge in [0.05, 0.1) is 0 Å². The summed E-state index contributed by atoms with van der Waals surface area (Å²) in [5.41, 5.74) is 3.67. The van der Waals surface area contributed by atoms with Gasteiger partial charge < -0.3 is 10.5 Å². The molecule has 0 bridgehead atoms. The van der Waals surface area contributed by atoms with Gasteiger partial charge >= 0.3 is 6.18 Å². The molecule has 2 aromatic rings. The number of nitrogens with zero attached hydrogens (tertiary/aromatic N) is 1. The molecular formula is C14H8F4N2O. The standard InChI is InChI=1S/C14H8F4N2O/c15-11-2-1-3-12(9(11)7-19)21-13-5-4-8(20)6-10(13)14(16,17)18/h1-6H,20H2. The van der Waals surface area contributed by atoms with Crippen LogP contribution < -0.4 is 10.5 Å². The molecule has 0 heterocycles. The molecule has 0 radical (unpaired) electrons. The van der Waals surface area contributed by atoms with Gasteiger partial charge in [0.2, 0.25) is 0 Å². The van der Waals surface area contributed by atoms with E-state index in [0.717, 1.165) is 12.1 Å². The minimum Gasteiger partial charge on any atom is -0.455 e. The molecule has 0 aromatic heterocycles. The van der Waals surface area contributed by atoms with Crippen molar-refractivity contribution in [2.45, 2.75) is 6.18 Å². The predicted molar refractivity (Wildman–Crippen MR) is 67.0 cm³/mol. The summed E-state index contributed by atoms with van der Waals surface area (Å²) in [6.45, 7) is 0. The fourth-order valence-electron chi connectivity index (χ4n) is 1.67. The van der Waals surface area contributed by atoms with Crippen LogP contribution in [0.2, 0.25) is 0 Å². The highest BCUT2D eigenvalue weighted by molar-refractivity contribution is 5.52. The second-order valence-electron chi connectivity index (χ2n) is 4.08. The predicted octanol–water partition coefficient (Wildman–Crippen LogP) is 4.09. The summed E-state index contributed by atoms with van der Waals surface area (Å²) < 4.78 is 57.2. The van der Waals surface area contributed by atoms with Crippen LogP contribution in [0.3, 0.4) is 0 Å². The lowest BCUT2D eigenvalue weighted by Gasteiger charge is -2.15. The van der Waals surface area contributed by atoms with E-state index in [9.17, 15) is 17.6 Å². The maximum atomic E-state index is 13.4. The summed E-state index contributed by atoms with van der Waals surface area (Å²) in [6, 6.07) is 7.94. The van der Waals surface area contributed by atoms with Gasteiger partial charge in [-0.2, -0.15) is 18.4 Å². The van der Waals surface area contributed by atoms with E-state index in [-0.39, 0.29) is 11.4 Å². The largest absolute Gasteiger partial charge is 0.455 e. The van der Waals surface area contributed by atoms with Gasteiger partial charge in [0.1, 0.15) is 34.5 Å². The maximum Gasteiger partial charge on any atom is 0.420 e. The zero-order chi connectivity index (χ0) is 15.6. The second-order valence-corrected chi connectivity index (χ2v) is 4.08. The van der Waals surface area contributed by atoms with Crippen LogP contribution >= 0.6 is 0 Å². The SMILES string of the molecule is N#Cc1c(F)cccc1Oc1ccc(N)cc1C(F)(F)F.